The molecule has 0 spiro atoms. The highest BCUT2D eigenvalue weighted by atomic mass is 16.2. The molecule has 2 aromatic carbocycles. The molecule has 2 N–H and O–H groups in total. The third-order valence-corrected chi connectivity index (χ3v) is 5.20. The van der Waals surface area contributed by atoms with Gasteiger partial charge in [0, 0.05) is 31.9 Å². The van der Waals surface area contributed by atoms with Crippen molar-refractivity contribution in [2.75, 3.05) is 25.5 Å². The van der Waals surface area contributed by atoms with Crippen molar-refractivity contribution in [3.63, 3.8) is 0 Å². The molecular formula is C21H23N3O. The molecule has 0 saturated heterocycles. The zero-order valence-electron chi connectivity index (χ0n) is 14.7. The number of carbonyl (C=O) groups excluding carboxylic acids is 1. The summed E-state index contributed by atoms with van der Waals surface area (Å²) in [6, 6.07) is 12.7. The monoisotopic (exact) mass is 333 g/mol. The van der Waals surface area contributed by atoms with Crippen LogP contribution in [0, 0.1) is 0 Å². The van der Waals surface area contributed by atoms with Gasteiger partial charge in [-0.2, -0.15) is 0 Å². The third-order valence-electron chi connectivity index (χ3n) is 5.20. The molecule has 1 amide bonds. The summed E-state index contributed by atoms with van der Waals surface area (Å²) in [5.74, 6) is -0.0228. The highest BCUT2D eigenvalue weighted by Crippen LogP contribution is 2.43. The summed E-state index contributed by atoms with van der Waals surface area (Å²) in [6.45, 7) is 5.17. The van der Waals surface area contributed by atoms with E-state index in [2.05, 4.69) is 52.8 Å². The molecule has 4 rings (SSSR count). The van der Waals surface area contributed by atoms with Gasteiger partial charge < -0.3 is 10.6 Å². The zero-order valence-corrected chi connectivity index (χ0v) is 14.7. The summed E-state index contributed by atoms with van der Waals surface area (Å²) >= 11 is 0. The molecule has 0 unspecified atom stereocenters. The molecule has 0 fully saturated rings. The molecule has 2 aromatic rings. The first-order chi connectivity index (χ1) is 12.2. The predicted octanol–water partition coefficient (Wildman–Crippen LogP) is 3.24. The molecule has 0 bridgehead atoms. The van der Waals surface area contributed by atoms with Gasteiger partial charge in [-0.05, 0) is 41.3 Å². The van der Waals surface area contributed by atoms with Crippen LogP contribution in [-0.4, -0.2) is 30.9 Å². The minimum absolute atomic E-state index is 0.0228. The summed E-state index contributed by atoms with van der Waals surface area (Å²) in [5.41, 5.74) is 7.84. The van der Waals surface area contributed by atoms with E-state index in [0.717, 1.165) is 37.3 Å². The van der Waals surface area contributed by atoms with Crippen LogP contribution in [0.25, 0.3) is 16.7 Å². The van der Waals surface area contributed by atoms with Crippen LogP contribution in [-0.2, 0) is 17.8 Å². The van der Waals surface area contributed by atoms with Crippen LogP contribution in [0.1, 0.15) is 23.6 Å². The number of nitrogens with zero attached hydrogens (tertiary/aromatic N) is 1. The summed E-state index contributed by atoms with van der Waals surface area (Å²) in [5, 5.41) is 6.12. The number of hydrogen-bond acceptors (Lipinski definition) is 3. The Bertz CT molecular complexity index is 855. The summed E-state index contributed by atoms with van der Waals surface area (Å²) in [6.07, 6.45) is 2.81. The summed E-state index contributed by atoms with van der Waals surface area (Å²) < 4.78 is 0. The quantitative estimate of drug-likeness (QED) is 0.848. The minimum Gasteiger partial charge on any atom is -0.393 e. The number of fused-ring (bicyclic) bond motifs is 3. The second-order valence-corrected chi connectivity index (χ2v) is 6.59. The standard InChI is InChI=1S/C21H23N3O/c1-3-24-10-9-15-16(14-7-5-4-6-8-14)11-17-18(12-22-2)21(25)23-20(17)19(15)13-24/h4-8,11-12,22H,3,9-10,13H2,1-2H3,(H,23,25). The van der Waals surface area contributed by atoms with Crippen molar-refractivity contribution in [3.8, 4) is 11.1 Å². The second-order valence-electron chi connectivity index (χ2n) is 6.59. The summed E-state index contributed by atoms with van der Waals surface area (Å²) in [4.78, 5) is 14.9. The number of anilines is 1. The van der Waals surface area contributed by atoms with E-state index in [1.807, 2.05) is 13.1 Å². The maximum atomic E-state index is 12.5. The number of carbonyl (C=O) groups is 1. The van der Waals surface area contributed by atoms with Crippen LogP contribution in [0.4, 0.5) is 5.69 Å². The van der Waals surface area contributed by atoms with Gasteiger partial charge in [0.2, 0.25) is 0 Å². The maximum Gasteiger partial charge on any atom is 0.257 e. The van der Waals surface area contributed by atoms with Gasteiger partial charge in [0.25, 0.3) is 5.91 Å². The van der Waals surface area contributed by atoms with Gasteiger partial charge in [-0.1, -0.05) is 37.3 Å². The molecule has 0 saturated carbocycles. The van der Waals surface area contributed by atoms with Crippen LogP contribution in [0.2, 0.25) is 0 Å². The smallest absolute Gasteiger partial charge is 0.257 e. The molecule has 2 aliphatic rings. The van der Waals surface area contributed by atoms with Crippen molar-refractivity contribution in [1.82, 2.24) is 10.2 Å². The van der Waals surface area contributed by atoms with Gasteiger partial charge in [0.1, 0.15) is 0 Å². The second kappa shape index (κ2) is 6.37. The lowest BCUT2D eigenvalue weighted by atomic mass is 9.86. The van der Waals surface area contributed by atoms with E-state index in [0.29, 0.717) is 5.57 Å². The van der Waals surface area contributed by atoms with Crippen LogP contribution in [0.5, 0.6) is 0 Å². The van der Waals surface area contributed by atoms with Gasteiger partial charge in [0.05, 0.1) is 11.3 Å². The van der Waals surface area contributed by atoms with Crippen molar-refractivity contribution in [2.24, 2.45) is 0 Å². The molecule has 0 aromatic heterocycles. The van der Waals surface area contributed by atoms with E-state index in [1.54, 1.807) is 6.20 Å². The molecule has 25 heavy (non-hydrogen) atoms. The van der Waals surface area contributed by atoms with Crippen LogP contribution in [0.3, 0.4) is 0 Å². The molecule has 2 aliphatic heterocycles. The van der Waals surface area contributed by atoms with Crippen molar-refractivity contribution in [3.05, 3.63) is 59.3 Å². The average molecular weight is 333 g/mol. The maximum absolute atomic E-state index is 12.5. The highest BCUT2D eigenvalue weighted by Gasteiger charge is 2.32. The third kappa shape index (κ3) is 2.63. The zero-order chi connectivity index (χ0) is 17.4. The lowest BCUT2D eigenvalue weighted by Crippen LogP contribution is -2.31. The van der Waals surface area contributed by atoms with E-state index in [4.69, 9.17) is 0 Å². The van der Waals surface area contributed by atoms with Crippen LogP contribution < -0.4 is 10.6 Å². The first kappa shape index (κ1) is 15.9. The molecule has 128 valence electrons. The Morgan fingerprint density at radius 1 is 1.20 bits per heavy atom. The number of nitrogens with one attached hydrogen (secondary N) is 2. The number of hydrogen-bond donors (Lipinski definition) is 2. The van der Waals surface area contributed by atoms with Crippen LogP contribution in [0.15, 0.2) is 42.6 Å². The fourth-order valence-corrected chi connectivity index (χ4v) is 3.90. The average Bonchev–Trinajstić information content (AvgIpc) is 2.97. The normalized spacial score (nSPS) is 18.0. The number of likely N-dealkylation sites (N-methyl/N-ethyl adjacent to an activating group) is 1. The SMILES string of the molecule is CCN1CCc2c(-c3ccccc3)cc3c(c2C1)NC(=O)C3=CNC. The van der Waals surface area contributed by atoms with Gasteiger partial charge >= 0.3 is 0 Å². The Balaban J connectivity index is 1.96. The number of amides is 1. The Hall–Kier alpha value is -2.59. The Morgan fingerprint density at radius 2 is 2.00 bits per heavy atom. The Morgan fingerprint density at radius 3 is 2.72 bits per heavy atom. The van der Waals surface area contributed by atoms with E-state index >= 15 is 0 Å². The molecule has 0 aliphatic carbocycles. The largest absolute Gasteiger partial charge is 0.393 e. The molecule has 0 radical (unpaired) electrons. The molecule has 4 nitrogen and oxygen atoms in total. The van der Waals surface area contributed by atoms with E-state index in [1.165, 1.54) is 22.3 Å². The fraction of sp³-hybridized carbons (Fsp3) is 0.286. The molecule has 2 heterocycles. The minimum atomic E-state index is -0.0228. The van der Waals surface area contributed by atoms with Crippen molar-refractivity contribution < 1.29 is 4.79 Å². The predicted molar refractivity (Wildman–Crippen MR) is 102 cm³/mol. The topological polar surface area (TPSA) is 44.4 Å². The first-order valence-electron chi connectivity index (χ1n) is 8.88. The lowest BCUT2D eigenvalue weighted by molar-refractivity contribution is -0.110. The highest BCUT2D eigenvalue weighted by molar-refractivity contribution is 6.32. The van der Waals surface area contributed by atoms with Gasteiger partial charge in [-0.25, -0.2) is 0 Å². The van der Waals surface area contributed by atoms with Crippen molar-refractivity contribution >= 4 is 17.2 Å². The Labute approximate surface area is 148 Å². The van der Waals surface area contributed by atoms with Gasteiger partial charge in [-0.15, -0.1) is 0 Å². The fourth-order valence-electron chi connectivity index (χ4n) is 3.90. The molecule has 4 heteroatoms. The van der Waals surface area contributed by atoms with Crippen LogP contribution >= 0.6 is 0 Å². The lowest BCUT2D eigenvalue weighted by Gasteiger charge is -2.31. The number of rotatable bonds is 3. The Kier molecular flexibility index (Phi) is 4.06. The van der Waals surface area contributed by atoms with Crippen molar-refractivity contribution in [2.45, 2.75) is 19.9 Å². The van der Waals surface area contributed by atoms with Gasteiger partial charge in [-0.3, -0.25) is 9.69 Å². The van der Waals surface area contributed by atoms with E-state index in [-0.39, 0.29) is 5.91 Å². The molecular weight excluding hydrogens is 310 g/mol. The first-order valence-corrected chi connectivity index (χ1v) is 8.88. The van der Waals surface area contributed by atoms with Crippen molar-refractivity contribution in [1.29, 1.82) is 0 Å². The van der Waals surface area contributed by atoms with E-state index < -0.39 is 0 Å². The summed E-state index contributed by atoms with van der Waals surface area (Å²) in [7, 11) is 1.83. The van der Waals surface area contributed by atoms with E-state index in [9.17, 15) is 4.79 Å². The number of benzene rings is 2. The molecule has 0 atom stereocenters. The van der Waals surface area contributed by atoms with Gasteiger partial charge in [0.15, 0.2) is 0 Å².